The zero-order valence-electron chi connectivity index (χ0n) is 15.0. The first-order chi connectivity index (χ1) is 14.4. The molecule has 2 amide bonds. The molecule has 2 heterocycles. The molecule has 152 valence electrons. The normalized spacial score (nSPS) is 10.9. The van der Waals surface area contributed by atoms with Crippen molar-refractivity contribution in [2.75, 3.05) is 11.9 Å². The summed E-state index contributed by atoms with van der Waals surface area (Å²) in [5.41, 5.74) is 1.86. The van der Waals surface area contributed by atoms with Gasteiger partial charge >= 0.3 is 0 Å². The molecule has 0 aliphatic carbocycles. The van der Waals surface area contributed by atoms with Gasteiger partial charge < -0.3 is 5.32 Å². The van der Waals surface area contributed by atoms with E-state index in [9.17, 15) is 9.59 Å². The molecular formula is C19H12Cl3N5O2S. The second kappa shape index (κ2) is 8.61. The molecule has 0 atom stereocenters. The molecule has 0 saturated carbocycles. The number of anilines is 1. The lowest BCUT2D eigenvalue weighted by Crippen LogP contribution is -2.33. The Kier molecular flexibility index (Phi) is 5.92. The van der Waals surface area contributed by atoms with E-state index < -0.39 is 5.91 Å². The van der Waals surface area contributed by atoms with Crippen LogP contribution in [0.4, 0.5) is 5.95 Å². The fourth-order valence-corrected chi connectivity index (χ4v) is 4.10. The molecule has 7 nitrogen and oxygen atoms in total. The number of thiazole rings is 1. The number of aromatic nitrogens is 3. The maximum atomic E-state index is 12.2. The topological polar surface area (TPSA) is 88.4 Å². The number of nitrogens with one attached hydrogen (secondary N) is 2. The van der Waals surface area contributed by atoms with Crippen LogP contribution in [0.1, 0.15) is 10.4 Å². The van der Waals surface area contributed by atoms with Crippen molar-refractivity contribution in [3.63, 3.8) is 0 Å². The number of rotatable bonds is 5. The summed E-state index contributed by atoms with van der Waals surface area (Å²) in [6.07, 6.45) is 0. The van der Waals surface area contributed by atoms with E-state index in [1.54, 1.807) is 47.0 Å². The predicted octanol–water partition coefficient (Wildman–Crippen LogP) is 4.79. The van der Waals surface area contributed by atoms with Gasteiger partial charge in [-0.3, -0.25) is 14.9 Å². The number of nitrogens with zero attached hydrogens (tertiary/aromatic N) is 3. The van der Waals surface area contributed by atoms with Crippen molar-refractivity contribution in [1.29, 1.82) is 0 Å². The summed E-state index contributed by atoms with van der Waals surface area (Å²) in [6, 6.07) is 11.5. The Balaban J connectivity index is 1.44. The van der Waals surface area contributed by atoms with E-state index in [0.717, 1.165) is 11.3 Å². The van der Waals surface area contributed by atoms with Crippen LogP contribution in [-0.4, -0.2) is 33.0 Å². The lowest BCUT2D eigenvalue weighted by Gasteiger charge is -2.05. The summed E-state index contributed by atoms with van der Waals surface area (Å²) < 4.78 is 1.59. The molecule has 11 heteroatoms. The first-order valence-electron chi connectivity index (χ1n) is 8.54. The van der Waals surface area contributed by atoms with Gasteiger partial charge in [-0.25, -0.2) is 4.52 Å². The first kappa shape index (κ1) is 20.6. The van der Waals surface area contributed by atoms with Gasteiger partial charge in [0.1, 0.15) is 0 Å². The SMILES string of the molecule is O=C(CNC(=O)c1ccc(Cl)cc1)Nc1nc2scc(-c3ccc(Cl)cc3Cl)n2n1. The molecule has 2 aromatic carbocycles. The molecule has 30 heavy (non-hydrogen) atoms. The van der Waals surface area contributed by atoms with Gasteiger partial charge in [0.25, 0.3) is 11.9 Å². The van der Waals surface area contributed by atoms with Gasteiger partial charge in [-0.2, -0.15) is 4.98 Å². The summed E-state index contributed by atoms with van der Waals surface area (Å²) in [4.78, 5) is 29.1. The van der Waals surface area contributed by atoms with Crippen LogP contribution in [0, 0.1) is 0 Å². The van der Waals surface area contributed by atoms with E-state index >= 15 is 0 Å². The van der Waals surface area contributed by atoms with E-state index in [0.29, 0.717) is 25.6 Å². The van der Waals surface area contributed by atoms with Gasteiger partial charge in [0, 0.05) is 26.6 Å². The highest BCUT2D eigenvalue weighted by atomic mass is 35.5. The molecule has 0 bridgehead atoms. The van der Waals surface area contributed by atoms with Crippen molar-refractivity contribution in [2.45, 2.75) is 0 Å². The molecule has 2 N–H and O–H groups in total. The van der Waals surface area contributed by atoms with Gasteiger partial charge in [-0.1, -0.05) is 34.8 Å². The number of fused-ring (bicyclic) bond motifs is 1. The van der Waals surface area contributed by atoms with Crippen molar-refractivity contribution in [2.24, 2.45) is 0 Å². The molecule has 0 aliphatic heterocycles. The van der Waals surface area contributed by atoms with E-state index in [4.69, 9.17) is 34.8 Å². The maximum absolute atomic E-state index is 12.2. The van der Waals surface area contributed by atoms with Crippen molar-refractivity contribution in [3.8, 4) is 11.3 Å². The predicted molar refractivity (Wildman–Crippen MR) is 119 cm³/mol. The van der Waals surface area contributed by atoms with Crippen molar-refractivity contribution >= 4 is 68.9 Å². The molecule has 0 spiro atoms. The number of halogens is 3. The molecule has 2 aromatic heterocycles. The smallest absolute Gasteiger partial charge is 0.251 e. The third kappa shape index (κ3) is 4.41. The fraction of sp³-hybridized carbons (Fsp3) is 0.0526. The number of benzene rings is 2. The number of carbonyl (C=O) groups is 2. The Morgan fingerprint density at radius 2 is 1.77 bits per heavy atom. The number of carbonyl (C=O) groups excluding carboxylic acids is 2. The lowest BCUT2D eigenvalue weighted by atomic mass is 10.2. The zero-order chi connectivity index (χ0) is 21.3. The maximum Gasteiger partial charge on any atom is 0.251 e. The Labute approximate surface area is 189 Å². The Morgan fingerprint density at radius 1 is 1.03 bits per heavy atom. The van der Waals surface area contributed by atoms with E-state index in [-0.39, 0.29) is 18.4 Å². The van der Waals surface area contributed by atoms with Crippen LogP contribution in [0.5, 0.6) is 0 Å². The quantitative estimate of drug-likeness (QED) is 0.430. The van der Waals surface area contributed by atoms with Crippen LogP contribution in [0.25, 0.3) is 16.2 Å². The summed E-state index contributed by atoms with van der Waals surface area (Å²) in [7, 11) is 0. The van der Waals surface area contributed by atoms with Gasteiger partial charge in [0.05, 0.1) is 17.3 Å². The molecule has 4 rings (SSSR count). The number of amides is 2. The Bertz CT molecular complexity index is 1250. The minimum Gasteiger partial charge on any atom is -0.343 e. The standard InChI is InChI=1S/C19H12Cl3N5O2S/c20-11-3-1-10(2-4-11)17(29)23-8-16(28)24-18-25-19-27(26-18)15(9-30-19)13-6-5-12(21)7-14(13)22/h1-7,9H,8H2,(H,23,29)(H,24,26,28). The molecule has 0 fully saturated rings. The second-order valence-electron chi connectivity index (χ2n) is 6.11. The molecule has 0 aliphatic rings. The number of hydrogen-bond donors (Lipinski definition) is 2. The monoisotopic (exact) mass is 479 g/mol. The zero-order valence-corrected chi connectivity index (χ0v) is 18.1. The fourth-order valence-electron chi connectivity index (χ4n) is 2.65. The average Bonchev–Trinajstić information content (AvgIpc) is 3.27. The van der Waals surface area contributed by atoms with Crippen LogP contribution >= 0.6 is 46.1 Å². The van der Waals surface area contributed by atoms with Gasteiger partial charge in [-0.15, -0.1) is 16.4 Å². The van der Waals surface area contributed by atoms with Crippen molar-refractivity contribution in [3.05, 3.63) is 68.5 Å². The van der Waals surface area contributed by atoms with Gasteiger partial charge in [-0.05, 0) is 42.5 Å². The lowest BCUT2D eigenvalue weighted by molar-refractivity contribution is -0.115. The second-order valence-corrected chi connectivity index (χ2v) is 8.23. The van der Waals surface area contributed by atoms with Crippen LogP contribution in [0.2, 0.25) is 15.1 Å². The van der Waals surface area contributed by atoms with Crippen LogP contribution < -0.4 is 10.6 Å². The van der Waals surface area contributed by atoms with E-state index in [2.05, 4.69) is 20.7 Å². The Hall–Kier alpha value is -2.65. The molecule has 0 unspecified atom stereocenters. The van der Waals surface area contributed by atoms with Crippen LogP contribution in [0.15, 0.2) is 47.8 Å². The minimum absolute atomic E-state index is 0.124. The molecular weight excluding hydrogens is 469 g/mol. The highest BCUT2D eigenvalue weighted by Crippen LogP contribution is 2.33. The van der Waals surface area contributed by atoms with Crippen LogP contribution in [-0.2, 0) is 4.79 Å². The Morgan fingerprint density at radius 3 is 2.50 bits per heavy atom. The first-order valence-corrected chi connectivity index (χ1v) is 10.6. The van der Waals surface area contributed by atoms with Crippen molar-refractivity contribution in [1.82, 2.24) is 19.9 Å². The molecule has 0 saturated heterocycles. The highest BCUT2D eigenvalue weighted by molar-refractivity contribution is 7.15. The van der Waals surface area contributed by atoms with E-state index in [1.165, 1.54) is 11.3 Å². The summed E-state index contributed by atoms with van der Waals surface area (Å²) in [6.45, 7) is -0.232. The third-order valence-corrected chi connectivity index (χ3v) is 5.67. The summed E-state index contributed by atoms with van der Waals surface area (Å²) >= 11 is 19.4. The third-order valence-electron chi connectivity index (χ3n) is 4.06. The van der Waals surface area contributed by atoms with E-state index in [1.807, 2.05) is 5.38 Å². The average molecular weight is 481 g/mol. The van der Waals surface area contributed by atoms with Crippen molar-refractivity contribution < 1.29 is 9.59 Å². The van der Waals surface area contributed by atoms with Gasteiger partial charge in [0.2, 0.25) is 10.9 Å². The minimum atomic E-state index is -0.457. The summed E-state index contributed by atoms with van der Waals surface area (Å²) in [5.74, 6) is -0.721. The largest absolute Gasteiger partial charge is 0.343 e. The van der Waals surface area contributed by atoms with Crippen LogP contribution in [0.3, 0.4) is 0 Å². The highest BCUT2D eigenvalue weighted by Gasteiger charge is 2.16. The molecule has 4 aromatic rings. The van der Waals surface area contributed by atoms with Gasteiger partial charge in [0.15, 0.2) is 0 Å². The molecule has 0 radical (unpaired) electrons. The summed E-state index contributed by atoms with van der Waals surface area (Å²) in [5, 5.41) is 12.8. The number of hydrogen-bond acceptors (Lipinski definition) is 5.